The van der Waals surface area contributed by atoms with Crippen molar-refractivity contribution in [2.75, 3.05) is 13.2 Å². The summed E-state index contributed by atoms with van der Waals surface area (Å²) in [6, 6.07) is 11.9. The molecular weight excluding hydrogens is 349 g/mol. The smallest absolute Gasteiger partial charge is 0.341 e. The monoisotopic (exact) mass is 367 g/mol. The van der Waals surface area contributed by atoms with Crippen LogP contribution >= 0.6 is 0 Å². The van der Waals surface area contributed by atoms with E-state index < -0.39 is 34.3 Å². The molecule has 0 aliphatic rings. The van der Waals surface area contributed by atoms with Gasteiger partial charge in [0.05, 0.1) is 4.90 Å². The Labute approximate surface area is 145 Å². The van der Waals surface area contributed by atoms with Crippen molar-refractivity contribution in [1.82, 2.24) is 4.72 Å². The van der Waals surface area contributed by atoms with Gasteiger partial charge in [-0.1, -0.05) is 31.2 Å². The molecule has 0 spiro atoms. The number of carbonyl (C=O) groups is 1. The molecule has 0 amide bonds. The Hall–Kier alpha value is -2.45. The van der Waals surface area contributed by atoms with Crippen molar-refractivity contribution in [3.8, 4) is 5.75 Å². The molecule has 6 nitrogen and oxygen atoms in total. The van der Waals surface area contributed by atoms with Crippen LogP contribution < -0.4 is 9.46 Å². The van der Waals surface area contributed by atoms with Gasteiger partial charge in [0.25, 0.3) is 0 Å². The second-order valence-corrected chi connectivity index (χ2v) is 7.20. The third-order valence-electron chi connectivity index (χ3n) is 3.50. The Morgan fingerprint density at radius 3 is 2.52 bits per heavy atom. The van der Waals surface area contributed by atoms with Gasteiger partial charge in [0, 0.05) is 12.6 Å². The summed E-state index contributed by atoms with van der Waals surface area (Å²) in [5, 5.41) is 8.54. The molecule has 0 saturated heterocycles. The number of rotatable bonds is 8. The summed E-state index contributed by atoms with van der Waals surface area (Å²) in [5.41, 5.74) is 0.304. The molecule has 0 aliphatic carbocycles. The SMILES string of the molecule is CC(CNS(=O)(=O)c1ccccc1)c1ccc(OCC(=O)O)cc1F. The van der Waals surface area contributed by atoms with Crippen LogP contribution in [-0.4, -0.2) is 32.6 Å². The Morgan fingerprint density at radius 1 is 1.24 bits per heavy atom. The maximum Gasteiger partial charge on any atom is 0.341 e. The third-order valence-corrected chi connectivity index (χ3v) is 4.94. The molecule has 2 aromatic rings. The van der Waals surface area contributed by atoms with E-state index in [2.05, 4.69) is 4.72 Å². The molecule has 0 fully saturated rings. The lowest BCUT2D eigenvalue weighted by atomic mass is 10.0. The maximum atomic E-state index is 14.2. The van der Waals surface area contributed by atoms with E-state index >= 15 is 0 Å². The summed E-state index contributed by atoms with van der Waals surface area (Å²) >= 11 is 0. The average Bonchev–Trinajstić information content (AvgIpc) is 2.59. The topological polar surface area (TPSA) is 92.7 Å². The summed E-state index contributed by atoms with van der Waals surface area (Å²) in [7, 11) is -3.66. The van der Waals surface area contributed by atoms with Gasteiger partial charge in [-0.25, -0.2) is 22.3 Å². The highest BCUT2D eigenvalue weighted by molar-refractivity contribution is 7.89. The molecule has 1 unspecified atom stereocenters. The Bertz CT molecular complexity index is 839. The largest absolute Gasteiger partial charge is 0.482 e. The van der Waals surface area contributed by atoms with Crippen LogP contribution in [0.15, 0.2) is 53.4 Å². The first-order chi connectivity index (χ1) is 11.8. The van der Waals surface area contributed by atoms with Crippen molar-refractivity contribution >= 4 is 16.0 Å². The van der Waals surface area contributed by atoms with Gasteiger partial charge in [0.1, 0.15) is 11.6 Å². The van der Waals surface area contributed by atoms with Crippen LogP contribution in [-0.2, 0) is 14.8 Å². The molecule has 0 heterocycles. The zero-order chi connectivity index (χ0) is 18.4. The second-order valence-electron chi connectivity index (χ2n) is 5.43. The van der Waals surface area contributed by atoms with Gasteiger partial charge in [-0.15, -0.1) is 0 Å². The Kier molecular flexibility index (Phi) is 6.11. The minimum absolute atomic E-state index is 0.0173. The molecule has 0 saturated carbocycles. The van der Waals surface area contributed by atoms with Gasteiger partial charge < -0.3 is 9.84 Å². The number of sulfonamides is 1. The van der Waals surface area contributed by atoms with Crippen molar-refractivity contribution < 1.29 is 27.4 Å². The summed E-state index contributed by atoms with van der Waals surface area (Å²) < 4.78 is 45.9. The van der Waals surface area contributed by atoms with E-state index in [1.807, 2.05) is 0 Å². The molecule has 0 aromatic heterocycles. The van der Waals surface area contributed by atoms with Crippen molar-refractivity contribution in [3.05, 3.63) is 59.9 Å². The van der Waals surface area contributed by atoms with Gasteiger partial charge in [-0.2, -0.15) is 0 Å². The lowest BCUT2D eigenvalue weighted by Crippen LogP contribution is -2.28. The van der Waals surface area contributed by atoms with E-state index in [1.165, 1.54) is 24.3 Å². The van der Waals surface area contributed by atoms with Crippen molar-refractivity contribution in [1.29, 1.82) is 0 Å². The number of hydrogen-bond acceptors (Lipinski definition) is 4. The summed E-state index contributed by atoms with van der Waals surface area (Å²) in [4.78, 5) is 10.6. The lowest BCUT2D eigenvalue weighted by Gasteiger charge is -2.15. The Morgan fingerprint density at radius 2 is 1.92 bits per heavy atom. The number of carboxylic acids is 1. The average molecular weight is 367 g/mol. The minimum atomic E-state index is -3.66. The predicted molar refractivity (Wildman–Crippen MR) is 89.6 cm³/mol. The number of nitrogens with one attached hydrogen (secondary N) is 1. The first kappa shape index (κ1) is 18.9. The van der Waals surface area contributed by atoms with E-state index in [0.29, 0.717) is 5.56 Å². The van der Waals surface area contributed by atoms with E-state index in [4.69, 9.17) is 9.84 Å². The fourth-order valence-electron chi connectivity index (χ4n) is 2.17. The minimum Gasteiger partial charge on any atom is -0.482 e. The molecule has 2 N–H and O–H groups in total. The van der Waals surface area contributed by atoms with Crippen LogP contribution in [0.5, 0.6) is 5.75 Å². The van der Waals surface area contributed by atoms with Crippen LogP contribution in [0, 0.1) is 5.82 Å². The quantitative estimate of drug-likeness (QED) is 0.747. The molecule has 0 radical (unpaired) electrons. The zero-order valence-corrected chi connectivity index (χ0v) is 14.3. The van der Waals surface area contributed by atoms with Crippen LogP contribution in [0.4, 0.5) is 4.39 Å². The molecule has 0 aliphatic heterocycles. The standard InChI is InChI=1S/C17H18FNO5S/c1-12(10-19-25(22,23)14-5-3-2-4-6-14)15-8-7-13(9-16(15)18)24-11-17(20)21/h2-9,12,19H,10-11H2,1H3,(H,20,21). The summed E-state index contributed by atoms with van der Waals surface area (Å²) in [5.74, 6) is -2.07. The number of halogens is 1. The highest BCUT2D eigenvalue weighted by Gasteiger charge is 2.17. The molecular formula is C17H18FNO5S. The first-order valence-corrected chi connectivity index (χ1v) is 8.96. The number of hydrogen-bond donors (Lipinski definition) is 2. The predicted octanol–water partition coefficient (Wildman–Crippen LogP) is 2.37. The third kappa shape index (κ3) is 5.27. The maximum absolute atomic E-state index is 14.2. The molecule has 1 atom stereocenters. The number of benzene rings is 2. The summed E-state index contributed by atoms with van der Waals surface area (Å²) in [6.07, 6.45) is 0. The highest BCUT2D eigenvalue weighted by atomic mass is 32.2. The van der Waals surface area contributed by atoms with Gasteiger partial charge in [0.2, 0.25) is 10.0 Å². The van der Waals surface area contributed by atoms with Crippen molar-refractivity contribution in [3.63, 3.8) is 0 Å². The van der Waals surface area contributed by atoms with Gasteiger partial charge in [0.15, 0.2) is 6.61 Å². The number of ether oxygens (including phenoxy) is 1. The van der Waals surface area contributed by atoms with Crippen LogP contribution in [0.2, 0.25) is 0 Å². The van der Waals surface area contributed by atoms with Gasteiger partial charge >= 0.3 is 5.97 Å². The second kappa shape index (κ2) is 8.09. The van der Waals surface area contributed by atoms with Gasteiger partial charge in [-0.3, -0.25) is 0 Å². The van der Waals surface area contributed by atoms with E-state index in [-0.39, 0.29) is 17.2 Å². The molecule has 8 heteroatoms. The van der Waals surface area contributed by atoms with E-state index in [1.54, 1.807) is 25.1 Å². The first-order valence-electron chi connectivity index (χ1n) is 7.48. The fraction of sp³-hybridized carbons (Fsp3) is 0.235. The lowest BCUT2D eigenvalue weighted by molar-refractivity contribution is -0.139. The number of carboxylic acid groups (broad SMARTS) is 1. The van der Waals surface area contributed by atoms with Gasteiger partial charge in [-0.05, 0) is 29.7 Å². The van der Waals surface area contributed by atoms with Crippen LogP contribution in [0.3, 0.4) is 0 Å². The van der Waals surface area contributed by atoms with Crippen LogP contribution in [0.25, 0.3) is 0 Å². The normalized spacial score (nSPS) is 12.6. The highest BCUT2D eigenvalue weighted by Crippen LogP contribution is 2.23. The van der Waals surface area contributed by atoms with E-state index in [0.717, 1.165) is 6.07 Å². The van der Waals surface area contributed by atoms with E-state index in [9.17, 15) is 17.6 Å². The fourth-order valence-corrected chi connectivity index (χ4v) is 3.32. The molecule has 134 valence electrons. The Balaban J connectivity index is 2.03. The molecule has 2 aromatic carbocycles. The molecule has 0 bridgehead atoms. The van der Waals surface area contributed by atoms with Crippen molar-refractivity contribution in [2.45, 2.75) is 17.7 Å². The van der Waals surface area contributed by atoms with Crippen molar-refractivity contribution in [2.24, 2.45) is 0 Å². The van der Waals surface area contributed by atoms with Crippen LogP contribution in [0.1, 0.15) is 18.4 Å². The molecule has 25 heavy (non-hydrogen) atoms. The number of aliphatic carboxylic acids is 1. The summed E-state index contributed by atoms with van der Waals surface area (Å²) in [6.45, 7) is 1.14. The molecule has 2 rings (SSSR count). The zero-order valence-electron chi connectivity index (χ0n) is 13.5.